The highest BCUT2D eigenvalue weighted by Crippen LogP contribution is 2.03. The second kappa shape index (κ2) is 8.68. The summed E-state index contributed by atoms with van der Waals surface area (Å²) in [5.74, 6) is 0.376. The fourth-order valence-electron chi connectivity index (χ4n) is 1.49. The summed E-state index contributed by atoms with van der Waals surface area (Å²) in [6, 6.07) is 0.218. The molecule has 90 valence electrons. The first-order chi connectivity index (χ1) is 7.10. The number of hydrogen-bond donors (Lipinski definition) is 2. The van der Waals surface area contributed by atoms with Crippen LogP contribution < -0.4 is 11.1 Å². The Kier molecular flexibility index (Phi) is 8.33. The molecule has 0 bridgehead atoms. The Hall–Kier alpha value is -0.610. The zero-order valence-electron chi connectivity index (χ0n) is 10.1. The van der Waals surface area contributed by atoms with E-state index >= 15 is 0 Å². The average molecular weight is 216 g/mol. The fourth-order valence-corrected chi connectivity index (χ4v) is 1.49. The van der Waals surface area contributed by atoms with E-state index in [1.165, 1.54) is 0 Å². The summed E-state index contributed by atoms with van der Waals surface area (Å²) in [5, 5.41) is 2.95. The van der Waals surface area contributed by atoms with Crippen LogP contribution in [0.3, 0.4) is 0 Å². The van der Waals surface area contributed by atoms with Crippen molar-refractivity contribution in [1.82, 2.24) is 5.32 Å². The maximum Gasteiger partial charge on any atom is 0.220 e. The van der Waals surface area contributed by atoms with Gasteiger partial charge in [0.2, 0.25) is 5.91 Å². The monoisotopic (exact) mass is 216 g/mol. The van der Waals surface area contributed by atoms with E-state index in [0.29, 0.717) is 19.6 Å². The first-order valence-electron chi connectivity index (χ1n) is 5.58. The third-order valence-electron chi connectivity index (χ3n) is 2.23. The van der Waals surface area contributed by atoms with E-state index in [2.05, 4.69) is 5.32 Å². The molecule has 0 spiro atoms. The van der Waals surface area contributed by atoms with Gasteiger partial charge >= 0.3 is 0 Å². The Morgan fingerprint density at radius 3 is 2.67 bits per heavy atom. The number of rotatable bonds is 8. The topological polar surface area (TPSA) is 64.3 Å². The number of hydrogen-bond acceptors (Lipinski definition) is 3. The van der Waals surface area contributed by atoms with Crippen LogP contribution in [-0.2, 0) is 9.53 Å². The molecule has 1 amide bonds. The molecule has 0 saturated heterocycles. The second-order valence-corrected chi connectivity index (χ2v) is 4.16. The van der Waals surface area contributed by atoms with Crippen LogP contribution in [0.25, 0.3) is 0 Å². The van der Waals surface area contributed by atoms with Crippen LogP contribution in [0.15, 0.2) is 0 Å². The molecule has 0 aromatic heterocycles. The summed E-state index contributed by atoms with van der Waals surface area (Å²) in [6.45, 7) is 5.33. The highest BCUT2D eigenvalue weighted by Gasteiger charge is 2.11. The molecule has 3 N–H and O–H groups in total. The Balaban J connectivity index is 3.63. The van der Waals surface area contributed by atoms with E-state index in [1.807, 2.05) is 13.8 Å². The third kappa shape index (κ3) is 8.39. The maximum absolute atomic E-state index is 11.5. The molecule has 0 fully saturated rings. The van der Waals surface area contributed by atoms with Crippen LogP contribution in [0.1, 0.15) is 33.1 Å². The summed E-state index contributed by atoms with van der Waals surface area (Å²) >= 11 is 0. The Morgan fingerprint density at radius 2 is 2.13 bits per heavy atom. The van der Waals surface area contributed by atoms with Crippen molar-refractivity contribution in [2.45, 2.75) is 39.2 Å². The zero-order valence-corrected chi connectivity index (χ0v) is 10.1. The van der Waals surface area contributed by atoms with Crippen molar-refractivity contribution >= 4 is 5.91 Å². The highest BCUT2D eigenvalue weighted by molar-refractivity contribution is 5.76. The average Bonchev–Trinajstić information content (AvgIpc) is 2.14. The number of carbonyl (C=O) groups is 1. The van der Waals surface area contributed by atoms with Gasteiger partial charge in [0.05, 0.1) is 0 Å². The van der Waals surface area contributed by atoms with Crippen LogP contribution in [0.5, 0.6) is 0 Å². The summed E-state index contributed by atoms with van der Waals surface area (Å²) < 4.78 is 4.98. The lowest BCUT2D eigenvalue weighted by Crippen LogP contribution is -2.34. The molecule has 0 heterocycles. The molecule has 0 aliphatic carbocycles. The summed E-state index contributed by atoms with van der Waals surface area (Å²) in [4.78, 5) is 11.5. The molecule has 0 aliphatic rings. The van der Waals surface area contributed by atoms with Crippen molar-refractivity contribution in [2.24, 2.45) is 11.7 Å². The highest BCUT2D eigenvalue weighted by atomic mass is 16.5. The molecule has 0 aromatic rings. The molecule has 4 heteroatoms. The van der Waals surface area contributed by atoms with Crippen LogP contribution in [0.2, 0.25) is 0 Å². The second-order valence-electron chi connectivity index (χ2n) is 4.16. The molecule has 0 rings (SSSR count). The van der Waals surface area contributed by atoms with Gasteiger partial charge in [-0.15, -0.1) is 0 Å². The number of ether oxygens (including phenoxy) is 1. The van der Waals surface area contributed by atoms with Gasteiger partial charge in [-0.2, -0.15) is 0 Å². The number of amides is 1. The van der Waals surface area contributed by atoms with Crippen molar-refractivity contribution in [3.8, 4) is 0 Å². The zero-order chi connectivity index (χ0) is 11.7. The Labute approximate surface area is 92.6 Å². The van der Waals surface area contributed by atoms with Gasteiger partial charge in [-0.25, -0.2) is 0 Å². The number of nitrogens with two attached hydrogens (primary N) is 1. The van der Waals surface area contributed by atoms with Gasteiger partial charge in [0.15, 0.2) is 0 Å². The first-order valence-corrected chi connectivity index (χ1v) is 5.58. The number of methoxy groups -OCH3 is 1. The molecule has 0 aliphatic heterocycles. The van der Waals surface area contributed by atoms with Gasteiger partial charge < -0.3 is 15.8 Å². The van der Waals surface area contributed by atoms with E-state index in [1.54, 1.807) is 7.11 Å². The molecule has 4 nitrogen and oxygen atoms in total. The van der Waals surface area contributed by atoms with Crippen LogP contribution in [-0.4, -0.2) is 32.2 Å². The third-order valence-corrected chi connectivity index (χ3v) is 2.23. The molecule has 2 unspecified atom stereocenters. The summed E-state index contributed by atoms with van der Waals surface area (Å²) in [5.41, 5.74) is 5.40. The minimum atomic E-state index is 0.101. The minimum Gasteiger partial charge on any atom is -0.384 e. The minimum absolute atomic E-state index is 0.101. The van der Waals surface area contributed by atoms with Gasteiger partial charge in [-0.05, 0) is 32.2 Å². The molecule has 2 atom stereocenters. The smallest absolute Gasteiger partial charge is 0.220 e. The van der Waals surface area contributed by atoms with Crippen LogP contribution in [0.4, 0.5) is 0 Å². The van der Waals surface area contributed by atoms with E-state index in [9.17, 15) is 4.79 Å². The molecule has 0 aromatic carbocycles. The van der Waals surface area contributed by atoms with Crippen molar-refractivity contribution in [3.63, 3.8) is 0 Å². The standard InChI is InChI=1S/C11H24N2O2/c1-9(8-15-3)7-11(14)13-10(2)5-4-6-12/h9-10H,4-8,12H2,1-3H3,(H,13,14). The SMILES string of the molecule is COCC(C)CC(=O)NC(C)CCCN. The molecule has 0 saturated carbocycles. The number of nitrogens with one attached hydrogen (secondary N) is 1. The normalized spacial score (nSPS) is 14.7. The maximum atomic E-state index is 11.5. The van der Waals surface area contributed by atoms with Gasteiger partial charge in [0.1, 0.15) is 0 Å². The van der Waals surface area contributed by atoms with Crippen LogP contribution in [0, 0.1) is 5.92 Å². The van der Waals surface area contributed by atoms with Crippen molar-refractivity contribution in [3.05, 3.63) is 0 Å². The van der Waals surface area contributed by atoms with Crippen molar-refractivity contribution in [2.75, 3.05) is 20.3 Å². The fraction of sp³-hybridized carbons (Fsp3) is 0.909. The molecule has 0 radical (unpaired) electrons. The molecular formula is C11H24N2O2. The predicted molar refractivity (Wildman–Crippen MR) is 61.6 cm³/mol. The molecule has 15 heavy (non-hydrogen) atoms. The Morgan fingerprint density at radius 1 is 1.47 bits per heavy atom. The lowest BCUT2D eigenvalue weighted by atomic mass is 10.1. The quantitative estimate of drug-likeness (QED) is 0.633. The largest absolute Gasteiger partial charge is 0.384 e. The lowest BCUT2D eigenvalue weighted by Gasteiger charge is -2.15. The van der Waals surface area contributed by atoms with Crippen molar-refractivity contribution < 1.29 is 9.53 Å². The van der Waals surface area contributed by atoms with E-state index in [0.717, 1.165) is 12.8 Å². The first kappa shape index (κ1) is 14.4. The number of carbonyl (C=O) groups excluding carboxylic acids is 1. The van der Waals surface area contributed by atoms with E-state index in [4.69, 9.17) is 10.5 Å². The van der Waals surface area contributed by atoms with Gasteiger partial charge in [-0.3, -0.25) is 4.79 Å². The van der Waals surface area contributed by atoms with E-state index in [-0.39, 0.29) is 17.9 Å². The van der Waals surface area contributed by atoms with Crippen LogP contribution >= 0.6 is 0 Å². The van der Waals surface area contributed by atoms with Gasteiger partial charge in [0, 0.05) is 26.2 Å². The predicted octanol–water partition coefficient (Wildman–Crippen LogP) is 0.903. The Bertz CT molecular complexity index is 174. The molecular weight excluding hydrogens is 192 g/mol. The van der Waals surface area contributed by atoms with Crippen molar-refractivity contribution in [1.29, 1.82) is 0 Å². The van der Waals surface area contributed by atoms with Gasteiger partial charge in [-0.1, -0.05) is 6.92 Å². The summed E-state index contributed by atoms with van der Waals surface area (Å²) in [6.07, 6.45) is 2.43. The lowest BCUT2D eigenvalue weighted by molar-refractivity contribution is -0.122. The van der Waals surface area contributed by atoms with E-state index < -0.39 is 0 Å². The van der Waals surface area contributed by atoms with Gasteiger partial charge in [0.25, 0.3) is 0 Å². The summed E-state index contributed by atoms with van der Waals surface area (Å²) in [7, 11) is 1.65.